The van der Waals surface area contributed by atoms with Crippen LogP contribution in [0.4, 0.5) is 5.69 Å². The van der Waals surface area contributed by atoms with Crippen LogP contribution in [0.5, 0.6) is 5.75 Å². The van der Waals surface area contributed by atoms with Crippen LogP contribution in [0.25, 0.3) is 0 Å². The molecular formula is C19H24N2O4S. The number of nitrogens with zero attached hydrogens (tertiary/aromatic N) is 1. The van der Waals surface area contributed by atoms with Gasteiger partial charge in [0.1, 0.15) is 5.75 Å². The second-order valence-corrected chi connectivity index (χ2v) is 8.05. The molecule has 1 amide bonds. The minimum absolute atomic E-state index is 0.0908. The fraction of sp³-hybridized carbons (Fsp3) is 0.316. The SMILES string of the molecule is CCOc1ccc(NC(=O)c2cccc(S(=O)(=O)N(C)C(C)C)c2)cc1. The lowest BCUT2D eigenvalue weighted by molar-refractivity contribution is 0.102. The maximum absolute atomic E-state index is 12.6. The molecule has 2 aromatic rings. The third-order valence-electron chi connectivity index (χ3n) is 3.92. The van der Waals surface area contributed by atoms with E-state index in [4.69, 9.17) is 4.74 Å². The molecule has 7 heteroatoms. The van der Waals surface area contributed by atoms with Gasteiger partial charge in [-0.1, -0.05) is 6.07 Å². The molecule has 26 heavy (non-hydrogen) atoms. The Balaban J connectivity index is 2.20. The highest BCUT2D eigenvalue weighted by molar-refractivity contribution is 7.89. The van der Waals surface area contributed by atoms with Crippen molar-refractivity contribution in [1.29, 1.82) is 0 Å². The number of hydrogen-bond acceptors (Lipinski definition) is 4. The van der Waals surface area contributed by atoms with Gasteiger partial charge in [0.15, 0.2) is 0 Å². The van der Waals surface area contributed by atoms with E-state index in [9.17, 15) is 13.2 Å². The summed E-state index contributed by atoms with van der Waals surface area (Å²) < 4.78 is 31.8. The number of carbonyl (C=O) groups is 1. The highest BCUT2D eigenvalue weighted by atomic mass is 32.2. The topological polar surface area (TPSA) is 75.7 Å². The summed E-state index contributed by atoms with van der Waals surface area (Å²) in [6.45, 7) is 6.05. The van der Waals surface area contributed by atoms with Gasteiger partial charge in [-0.3, -0.25) is 4.79 Å². The molecule has 0 radical (unpaired) electrons. The van der Waals surface area contributed by atoms with Gasteiger partial charge in [0.2, 0.25) is 10.0 Å². The van der Waals surface area contributed by atoms with E-state index in [1.54, 1.807) is 50.2 Å². The Bertz CT molecular complexity index is 861. The smallest absolute Gasteiger partial charge is 0.255 e. The number of nitrogens with one attached hydrogen (secondary N) is 1. The Kier molecular flexibility index (Phi) is 6.39. The third-order valence-corrected chi connectivity index (χ3v) is 5.95. The lowest BCUT2D eigenvalue weighted by Gasteiger charge is -2.21. The summed E-state index contributed by atoms with van der Waals surface area (Å²) in [7, 11) is -2.12. The fourth-order valence-corrected chi connectivity index (χ4v) is 3.66. The summed E-state index contributed by atoms with van der Waals surface area (Å²) in [4.78, 5) is 12.5. The van der Waals surface area contributed by atoms with Crippen LogP contribution in [0, 0.1) is 0 Å². The predicted octanol–water partition coefficient (Wildman–Crippen LogP) is 3.37. The molecule has 1 N–H and O–H groups in total. The Morgan fingerprint density at radius 1 is 1.15 bits per heavy atom. The molecular weight excluding hydrogens is 352 g/mol. The average Bonchev–Trinajstić information content (AvgIpc) is 2.63. The Morgan fingerprint density at radius 3 is 2.38 bits per heavy atom. The van der Waals surface area contributed by atoms with Crippen molar-refractivity contribution in [1.82, 2.24) is 4.31 Å². The molecule has 0 bridgehead atoms. The van der Waals surface area contributed by atoms with Crippen LogP contribution in [-0.2, 0) is 10.0 Å². The minimum atomic E-state index is -3.64. The number of ether oxygens (including phenoxy) is 1. The molecule has 0 aromatic heterocycles. The van der Waals surface area contributed by atoms with Gasteiger partial charge in [0.05, 0.1) is 11.5 Å². The minimum Gasteiger partial charge on any atom is -0.494 e. The van der Waals surface area contributed by atoms with Gasteiger partial charge in [0, 0.05) is 24.3 Å². The first-order valence-corrected chi connectivity index (χ1v) is 9.82. The van der Waals surface area contributed by atoms with Crippen LogP contribution in [-0.4, -0.2) is 38.3 Å². The van der Waals surface area contributed by atoms with Crippen molar-refractivity contribution in [2.24, 2.45) is 0 Å². The zero-order chi connectivity index (χ0) is 19.3. The number of benzene rings is 2. The van der Waals surface area contributed by atoms with E-state index < -0.39 is 10.0 Å². The van der Waals surface area contributed by atoms with Gasteiger partial charge < -0.3 is 10.1 Å². The monoisotopic (exact) mass is 376 g/mol. The summed E-state index contributed by atoms with van der Waals surface area (Å²) in [5.41, 5.74) is 0.878. The van der Waals surface area contributed by atoms with Crippen LogP contribution < -0.4 is 10.1 Å². The third kappa shape index (κ3) is 4.62. The molecule has 0 atom stereocenters. The Morgan fingerprint density at radius 2 is 1.81 bits per heavy atom. The predicted molar refractivity (Wildman–Crippen MR) is 102 cm³/mol. The van der Waals surface area contributed by atoms with Crippen molar-refractivity contribution >= 4 is 21.6 Å². The zero-order valence-corrected chi connectivity index (χ0v) is 16.2. The molecule has 0 saturated carbocycles. The molecule has 140 valence electrons. The molecule has 0 aliphatic heterocycles. The lowest BCUT2D eigenvalue weighted by Crippen LogP contribution is -2.33. The van der Waals surface area contributed by atoms with Gasteiger partial charge >= 0.3 is 0 Å². The van der Waals surface area contributed by atoms with Crippen molar-refractivity contribution in [3.05, 3.63) is 54.1 Å². The van der Waals surface area contributed by atoms with E-state index >= 15 is 0 Å². The van der Waals surface area contributed by atoms with E-state index in [1.807, 2.05) is 6.92 Å². The second kappa shape index (κ2) is 8.33. The van der Waals surface area contributed by atoms with Gasteiger partial charge in [-0.25, -0.2) is 8.42 Å². The molecule has 2 aromatic carbocycles. The van der Waals surface area contributed by atoms with Gasteiger partial charge in [-0.15, -0.1) is 0 Å². The van der Waals surface area contributed by atoms with Crippen molar-refractivity contribution in [2.75, 3.05) is 19.0 Å². The number of carbonyl (C=O) groups excluding carboxylic acids is 1. The molecule has 6 nitrogen and oxygen atoms in total. The average molecular weight is 376 g/mol. The number of sulfonamides is 1. The van der Waals surface area contributed by atoms with E-state index in [-0.39, 0.29) is 22.4 Å². The first-order valence-electron chi connectivity index (χ1n) is 8.38. The molecule has 0 fully saturated rings. The first-order chi connectivity index (χ1) is 12.3. The molecule has 0 heterocycles. The van der Waals surface area contributed by atoms with E-state index in [2.05, 4.69) is 5.32 Å². The zero-order valence-electron chi connectivity index (χ0n) is 15.4. The molecule has 0 aliphatic rings. The van der Waals surface area contributed by atoms with E-state index in [0.717, 1.165) is 5.75 Å². The molecule has 0 saturated heterocycles. The largest absolute Gasteiger partial charge is 0.494 e. The fourth-order valence-electron chi connectivity index (χ4n) is 2.25. The first kappa shape index (κ1) is 19.9. The van der Waals surface area contributed by atoms with Crippen LogP contribution >= 0.6 is 0 Å². The maximum Gasteiger partial charge on any atom is 0.255 e. The highest BCUT2D eigenvalue weighted by Crippen LogP contribution is 2.20. The standard InChI is InChI=1S/C19H24N2O4S/c1-5-25-17-11-9-16(10-12-17)20-19(22)15-7-6-8-18(13-15)26(23,24)21(4)14(2)3/h6-14H,5H2,1-4H3,(H,20,22). The van der Waals surface area contributed by atoms with Gasteiger partial charge in [0.25, 0.3) is 5.91 Å². The lowest BCUT2D eigenvalue weighted by atomic mass is 10.2. The number of rotatable bonds is 7. The normalized spacial score (nSPS) is 11.6. The number of amides is 1. The van der Waals surface area contributed by atoms with Crippen LogP contribution in [0.15, 0.2) is 53.4 Å². The Labute approximate surface area is 154 Å². The summed E-state index contributed by atoms with van der Waals surface area (Å²) in [5, 5.41) is 2.76. The second-order valence-electron chi connectivity index (χ2n) is 6.05. The van der Waals surface area contributed by atoms with Crippen molar-refractivity contribution < 1.29 is 17.9 Å². The highest BCUT2D eigenvalue weighted by Gasteiger charge is 2.23. The van der Waals surface area contributed by atoms with Crippen LogP contribution in [0.3, 0.4) is 0 Å². The van der Waals surface area contributed by atoms with E-state index in [0.29, 0.717) is 12.3 Å². The number of anilines is 1. The van der Waals surface area contributed by atoms with Crippen molar-refractivity contribution in [2.45, 2.75) is 31.7 Å². The summed E-state index contributed by atoms with van der Waals surface area (Å²) in [5.74, 6) is 0.341. The van der Waals surface area contributed by atoms with Crippen molar-refractivity contribution in [3.8, 4) is 5.75 Å². The van der Waals surface area contributed by atoms with Gasteiger partial charge in [-0.2, -0.15) is 4.31 Å². The quantitative estimate of drug-likeness (QED) is 0.804. The Hall–Kier alpha value is -2.38. The van der Waals surface area contributed by atoms with Gasteiger partial charge in [-0.05, 0) is 63.2 Å². The summed E-state index contributed by atoms with van der Waals surface area (Å²) in [6.07, 6.45) is 0. The summed E-state index contributed by atoms with van der Waals surface area (Å²) in [6, 6.07) is 12.8. The molecule has 0 unspecified atom stereocenters. The van der Waals surface area contributed by atoms with Crippen molar-refractivity contribution in [3.63, 3.8) is 0 Å². The van der Waals surface area contributed by atoms with Crippen LogP contribution in [0.1, 0.15) is 31.1 Å². The molecule has 0 aliphatic carbocycles. The summed E-state index contributed by atoms with van der Waals surface area (Å²) >= 11 is 0. The maximum atomic E-state index is 12.6. The van der Waals surface area contributed by atoms with Crippen LogP contribution in [0.2, 0.25) is 0 Å². The van der Waals surface area contributed by atoms with E-state index in [1.165, 1.54) is 23.5 Å². The molecule has 0 spiro atoms. The number of hydrogen-bond donors (Lipinski definition) is 1. The molecule has 2 rings (SSSR count).